The van der Waals surface area contributed by atoms with Gasteiger partial charge in [0.05, 0.1) is 40.4 Å². The van der Waals surface area contributed by atoms with E-state index >= 15 is 0 Å². The lowest BCUT2D eigenvalue weighted by Crippen LogP contribution is -2.47. The first-order valence-corrected chi connectivity index (χ1v) is 5.48. The van der Waals surface area contributed by atoms with Crippen molar-refractivity contribution < 1.29 is 33.3 Å². The molecule has 19 heavy (non-hydrogen) atoms. The summed E-state index contributed by atoms with van der Waals surface area (Å²) in [5.41, 5.74) is -1.38. The lowest BCUT2D eigenvalue weighted by molar-refractivity contribution is -0.162. The normalized spacial score (nSPS) is 21.3. The number of carbonyl (C=O) groups is 3. The fraction of sp³-hybridized carbons (Fsp3) is 0.583. The lowest BCUT2D eigenvalue weighted by Gasteiger charge is -2.39. The van der Waals surface area contributed by atoms with Crippen molar-refractivity contribution in [2.75, 3.05) is 28.4 Å². The number of carbonyl (C=O) groups excluding carboxylic acids is 3. The van der Waals surface area contributed by atoms with Crippen LogP contribution in [0.2, 0.25) is 0 Å². The molecule has 106 valence electrons. The Morgan fingerprint density at radius 3 is 2.11 bits per heavy atom. The van der Waals surface area contributed by atoms with Crippen LogP contribution in [0.1, 0.15) is 12.8 Å². The highest BCUT2D eigenvalue weighted by Crippen LogP contribution is 2.50. The Morgan fingerprint density at radius 2 is 1.68 bits per heavy atom. The number of hydrogen-bond donors (Lipinski definition) is 0. The van der Waals surface area contributed by atoms with Crippen LogP contribution in [0.15, 0.2) is 11.3 Å². The molecule has 0 aromatic heterocycles. The summed E-state index contributed by atoms with van der Waals surface area (Å²) < 4.78 is 18.8. The molecular formula is C12H16O7. The van der Waals surface area contributed by atoms with Gasteiger partial charge < -0.3 is 18.9 Å². The minimum atomic E-state index is -1.39. The molecule has 0 amide bonds. The van der Waals surface area contributed by atoms with Gasteiger partial charge in [0.25, 0.3) is 0 Å². The zero-order chi connectivity index (χ0) is 14.6. The molecule has 0 fully saturated rings. The summed E-state index contributed by atoms with van der Waals surface area (Å²) in [6.45, 7) is 0. The molecule has 1 aliphatic rings. The monoisotopic (exact) mass is 272 g/mol. The number of hydrogen-bond acceptors (Lipinski definition) is 7. The molecule has 0 spiro atoms. The second-order valence-corrected chi connectivity index (χ2v) is 4.00. The topological polar surface area (TPSA) is 88.1 Å². The average molecular weight is 272 g/mol. The first-order chi connectivity index (χ1) is 8.96. The Labute approximate surface area is 110 Å². The van der Waals surface area contributed by atoms with E-state index in [1.54, 1.807) is 0 Å². The molecule has 1 atom stereocenters. The van der Waals surface area contributed by atoms with Gasteiger partial charge in [0.15, 0.2) is 0 Å². The molecular weight excluding hydrogens is 256 g/mol. The third-order valence-electron chi connectivity index (χ3n) is 3.11. The van der Waals surface area contributed by atoms with Crippen LogP contribution in [0.5, 0.6) is 0 Å². The van der Waals surface area contributed by atoms with Crippen LogP contribution in [-0.4, -0.2) is 46.3 Å². The molecule has 0 bridgehead atoms. The molecule has 0 N–H and O–H groups in total. The largest absolute Gasteiger partial charge is 0.500 e. The molecule has 0 heterocycles. The molecule has 7 nitrogen and oxygen atoms in total. The van der Waals surface area contributed by atoms with Gasteiger partial charge in [-0.3, -0.25) is 9.59 Å². The van der Waals surface area contributed by atoms with Gasteiger partial charge in [-0.1, -0.05) is 0 Å². The minimum absolute atomic E-state index is 0.00903. The van der Waals surface area contributed by atoms with Gasteiger partial charge in [-0.05, 0) is 0 Å². The smallest absolute Gasteiger partial charge is 0.338 e. The second-order valence-electron chi connectivity index (χ2n) is 4.00. The van der Waals surface area contributed by atoms with Crippen molar-refractivity contribution in [2.24, 2.45) is 5.41 Å². The first-order valence-electron chi connectivity index (χ1n) is 5.48. The van der Waals surface area contributed by atoms with Crippen LogP contribution in [-0.2, 0) is 33.3 Å². The van der Waals surface area contributed by atoms with Crippen molar-refractivity contribution in [3.05, 3.63) is 11.3 Å². The molecule has 0 radical (unpaired) electrons. The van der Waals surface area contributed by atoms with E-state index in [0.717, 1.165) is 0 Å². The summed E-state index contributed by atoms with van der Waals surface area (Å²) in [6.07, 6.45) is -0.205. The van der Waals surface area contributed by atoms with Gasteiger partial charge in [0.1, 0.15) is 11.2 Å². The Kier molecular flexibility index (Phi) is 4.52. The van der Waals surface area contributed by atoms with Gasteiger partial charge in [0.2, 0.25) is 0 Å². The van der Waals surface area contributed by atoms with Crippen molar-refractivity contribution in [2.45, 2.75) is 12.8 Å². The van der Waals surface area contributed by atoms with Gasteiger partial charge in [0, 0.05) is 6.42 Å². The van der Waals surface area contributed by atoms with Crippen LogP contribution < -0.4 is 0 Å². The molecule has 0 aromatic rings. The lowest BCUT2D eigenvalue weighted by atomic mass is 9.65. The predicted octanol–water partition coefficient (Wildman–Crippen LogP) is 0.186. The first kappa shape index (κ1) is 15.0. The van der Waals surface area contributed by atoms with Crippen LogP contribution in [0.25, 0.3) is 0 Å². The zero-order valence-electron chi connectivity index (χ0n) is 11.3. The third-order valence-corrected chi connectivity index (χ3v) is 3.11. The maximum atomic E-state index is 11.9. The fourth-order valence-corrected chi connectivity index (χ4v) is 2.11. The molecule has 1 rings (SSSR count). The summed E-state index contributed by atoms with van der Waals surface area (Å²) in [7, 11) is 4.94. The molecule has 0 saturated carbocycles. The molecule has 0 saturated heterocycles. The molecule has 0 aromatic carbocycles. The zero-order valence-corrected chi connectivity index (χ0v) is 11.3. The van der Waals surface area contributed by atoms with Crippen LogP contribution in [0.3, 0.4) is 0 Å². The van der Waals surface area contributed by atoms with E-state index in [-0.39, 0.29) is 18.4 Å². The van der Waals surface area contributed by atoms with Crippen molar-refractivity contribution in [3.8, 4) is 0 Å². The van der Waals surface area contributed by atoms with Crippen molar-refractivity contribution in [1.82, 2.24) is 0 Å². The van der Waals surface area contributed by atoms with E-state index in [1.165, 1.54) is 28.4 Å². The Hall–Kier alpha value is -2.05. The minimum Gasteiger partial charge on any atom is -0.500 e. The van der Waals surface area contributed by atoms with Crippen LogP contribution >= 0.6 is 0 Å². The maximum Gasteiger partial charge on any atom is 0.338 e. The van der Waals surface area contributed by atoms with Gasteiger partial charge in [-0.15, -0.1) is 0 Å². The third kappa shape index (κ3) is 2.40. The number of esters is 3. The van der Waals surface area contributed by atoms with Crippen molar-refractivity contribution in [3.63, 3.8) is 0 Å². The standard InChI is InChI=1S/C12H16O7/c1-16-7-5-12(11(15)19-4,6-8(13)17-2)9(7)10(14)18-3/h5-6H2,1-4H3. The Morgan fingerprint density at radius 1 is 1.05 bits per heavy atom. The van der Waals surface area contributed by atoms with Gasteiger partial charge in [-0.25, -0.2) is 4.79 Å². The molecule has 1 aliphatic carbocycles. The van der Waals surface area contributed by atoms with Gasteiger partial charge in [-0.2, -0.15) is 0 Å². The van der Waals surface area contributed by atoms with E-state index in [2.05, 4.69) is 14.2 Å². The highest BCUT2D eigenvalue weighted by Gasteiger charge is 2.58. The van der Waals surface area contributed by atoms with Crippen molar-refractivity contribution >= 4 is 17.9 Å². The average Bonchev–Trinajstić information content (AvgIpc) is 2.41. The Balaban J connectivity index is 3.21. The quantitative estimate of drug-likeness (QED) is 0.521. The summed E-state index contributed by atoms with van der Waals surface area (Å²) >= 11 is 0. The molecule has 1 unspecified atom stereocenters. The van der Waals surface area contributed by atoms with Crippen molar-refractivity contribution in [1.29, 1.82) is 0 Å². The van der Waals surface area contributed by atoms with E-state index in [0.29, 0.717) is 5.76 Å². The Bertz CT molecular complexity index is 437. The van der Waals surface area contributed by atoms with E-state index < -0.39 is 23.3 Å². The summed E-state index contributed by atoms with van der Waals surface area (Å²) in [5, 5.41) is 0. The summed E-state index contributed by atoms with van der Waals surface area (Å²) in [4.78, 5) is 35.1. The highest BCUT2D eigenvalue weighted by molar-refractivity contribution is 6.03. The fourth-order valence-electron chi connectivity index (χ4n) is 2.11. The number of allylic oxidation sites excluding steroid dienone is 1. The highest BCUT2D eigenvalue weighted by atomic mass is 16.5. The SMILES string of the molecule is COC(=O)CC1(C(=O)OC)CC(OC)=C1C(=O)OC. The number of rotatable bonds is 5. The van der Waals surface area contributed by atoms with Crippen LogP contribution in [0, 0.1) is 5.41 Å². The molecule has 0 aliphatic heterocycles. The van der Waals surface area contributed by atoms with E-state index in [4.69, 9.17) is 4.74 Å². The number of methoxy groups -OCH3 is 4. The number of ether oxygens (including phenoxy) is 4. The summed E-state index contributed by atoms with van der Waals surface area (Å²) in [6, 6.07) is 0. The summed E-state index contributed by atoms with van der Waals surface area (Å²) in [5.74, 6) is -1.74. The second kappa shape index (κ2) is 5.73. The van der Waals surface area contributed by atoms with E-state index in [1.807, 2.05) is 0 Å². The molecule has 7 heteroatoms. The maximum absolute atomic E-state index is 11.9. The van der Waals surface area contributed by atoms with E-state index in [9.17, 15) is 14.4 Å². The predicted molar refractivity (Wildman–Crippen MR) is 61.8 cm³/mol. The van der Waals surface area contributed by atoms with Crippen LogP contribution in [0.4, 0.5) is 0 Å². The van der Waals surface area contributed by atoms with Gasteiger partial charge >= 0.3 is 17.9 Å².